The second kappa shape index (κ2) is 5.63. The first-order chi connectivity index (χ1) is 7.88. The number of nitrogens with zero attached hydrogens (tertiary/aromatic N) is 1. The van der Waals surface area contributed by atoms with Crippen molar-refractivity contribution in [3.63, 3.8) is 0 Å². The van der Waals surface area contributed by atoms with E-state index in [1.165, 1.54) is 0 Å². The number of carbonyl (C=O) groups excluding carboxylic acids is 1. The fourth-order valence-electron chi connectivity index (χ4n) is 1.22. The lowest BCUT2D eigenvalue weighted by atomic mass is 10.1. The number of aromatic nitrogens is 1. The number of ether oxygens (including phenoxy) is 1. The number of rotatable bonds is 3. The van der Waals surface area contributed by atoms with Crippen molar-refractivity contribution in [3.05, 3.63) is 30.1 Å². The predicted octanol–water partition coefficient (Wildman–Crippen LogP) is 1.61. The molecule has 0 saturated carbocycles. The standard InChI is InChI=1S/C12H19N3O2/c1-12(2,3)17-11(16)15-8-10(13)9-5-4-6-14-7-9/h4-7,10H,8,13H2,1-3H3,(H,15,16). The molecular weight excluding hydrogens is 218 g/mol. The number of pyridine rings is 1. The van der Waals surface area contributed by atoms with Gasteiger partial charge >= 0.3 is 6.09 Å². The van der Waals surface area contributed by atoms with Gasteiger partial charge in [0.25, 0.3) is 0 Å². The minimum absolute atomic E-state index is 0.281. The second-order valence-electron chi connectivity index (χ2n) is 4.78. The van der Waals surface area contributed by atoms with Gasteiger partial charge in [-0.2, -0.15) is 0 Å². The van der Waals surface area contributed by atoms with Crippen molar-refractivity contribution in [2.75, 3.05) is 6.54 Å². The van der Waals surface area contributed by atoms with Gasteiger partial charge in [0.1, 0.15) is 5.60 Å². The third kappa shape index (κ3) is 5.31. The first kappa shape index (κ1) is 13.4. The smallest absolute Gasteiger partial charge is 0.407 e. The van der Waals surface area contributed by atoms with Crippen molar-refractivity contribution in [2.24, 2.45) is 5.73 Å². The van der Waals surface area contributed by atoms with Crippen LogP contribution < -0.4 is 11.1 Å². The van der Waals surface area contributed by atoms with Crippen LogP contribution in [-0.4, -0.2) is 23.2 Å². The SMILES string of the molecule is CC(C)(C)OC(=O)NCC(N)c1cccnc1. The lowest BCUT2D eigenvalue weighted by molar-refractivity contribution is 0.0524. The van der Waals surface area contributed by atoms with Gasteiger partial charge in [0.15, 0.2) is 0 Å². The number of alkyl carbamates (subject to hydrolysis) is 1. The molecule has 3 N–H and O–H groups in total. The van der Waals surface area contributed by atoms with Crippen molar-refractivity contribution >= 4 is 6.09 Å². The topological polar surface area (TPSA) is 77.2 Å². The number of hydrogen-bond donors (Lipinski definition) is 2. The highest BCUT2D eigenvalue weighted by Gasteiger charge is 2.16. The zero-order chi connectivity index (χ0) is 12.9. The molecule has 0 aliphatic carbocycles. The highest BCUT2D eigenvalue weighted by atomic mass is 16.6. The van der Waals surface area contributed by atoms with Crippen molar-refractivity contribution in [1.29, 1.82) is 0 Å². The Bertz CT molecular complexity index is 360. The quantitative estimate of drug-likeness (QED) is 0.837. The van der Waals surface area contributed by atoms with E-state index in [0.717, 1.165) is 5.56 Å². The summed E-state index contributed by atoms with van der Waals surface area (Å²) in [7, 11) is 0. The number of amides is 1. The summed E-state index contributed by atoms with van der Waals surface area (Å²) in [5, 5.41) is 2.62. The van der Waals surface area contributed by atoms with E-state index >= 15 is 0 Å². The molecule has 0 aliphatic rings. The van der Waals surface area contributed by atoms with Crippen LogP contribution in [0.15, 0.2) is 24.5 Å². The van der Waals surface area contributed by atoms with E-state index in [0.29, 0.717) is 6.54 Å². The molecule has 0 saturated heterocycles. The number of nitrogens with two attached hydrogens (primary N) is 1. The van der Waals surface area contributed by atoms with Gasteiger partial charge in [0.05, 0.1) is 0 Å². The maximum Gasteiger partial charge on any atom is 0.407 e. The lowest BCUT2D eigenvalue weighted by Crippen LogP contribution is -2.36. The number of carbonyl (C=O) groups is 1. The molecule has 0 aliphatic heterocycles. The van der Waals surface area contributed by atoms with Gasteiger partial charge in [-0.1, -0.05) is 6.07 Å². The van der Waals surface area contributed by atoms with E-state index < -0.39 is 11.7 Å². The predicted molar refractivity (Wildman–Crippen MR) is 65.4 cm³/mol. The van der Waals surface area contributed by atoms with Gasteiger partial charge in [-0.15, -0.1) is 0 Å². The zero-order valence-electron chi connectivity index (χ0n) is 10.4. The van der Waals surface area contributed by atoms with Crippen LogP contribution >= 0.6 is 0 Å². The van der Waals surface area contributed by atoms with E-state index in [4.69, 9.17) is 10.5 Å². The second-order valence-corrected chi connectivity index (χ2v) is 4.78. The first-order valence-electron chi connectivity index (χ1n) is 5.51. The van der Waals surface area contributed by atoms with E-state index in [1.807, 2.05) is 32.9 Å². The highest BCUT2D eigenvalue weighted by Crippen LogP contribution is 2.08. The van der Waals surface area contributed by atoms with E-state index in [1.54, 1.807) is 12.4 Å². The van der Waals surface area contributed by atoms with Crippen LogP contribution in [0, 0.1) is 0 Å². The molecule has 0 radical (unpaired) electrons. The van der Waals surface area contributed by atoms with Crippen LogP contribution in [0.2, 0.25) is 0 Å². The van der Waals surface area contributed by atoms with Gasteiger partial charge < -0.3 is 15.8 Å². The minimum atomic E-state index is -0.498. The maximum absolute atomic E-state index is 11.4. The van der Waals surface area contributed by atoms with Crippen LogP contribution in [0.4, 0.5) is 4.79 Å². The summed E-state index contributed by atoms with van der Waals surface area (Å²) in [5.41, 5.74) is 6.28. The van der Waals surface area contributed by atoms with Crippen molar-refractivity contribution in [2.45, 2.75) is 32.4 Å². The zero-order valence-corrected chi connectivity index (χ0v) is 10.4. The summed E-state index contributed by atoms with van der Waals surface area (Å²) in [6, 6.07) is 3.40. The fraction of sp³-hybridized carbons (Fsp3) is 0.500. The summed E-state index contributed by atoms with van der Waals surface area (Å²) in [6.07, 6.45) is 2.90. The largest absolute Gasteiger partial charge is 0.444 e. The number of hydrogen-bond acceptors (Lipinski definition) is 4. The third-order valence-electron chi connectivity index (χ3n) is 1.98. The Labute approximate surface area is 101 Å². The van der Waals surface area contributed by atoms with E-state index in [2.05, 4.69) is 10.3 Å². The van der Waals surface area contributed by atoms with Crippen molar-refractivity contribution < 1.29 is 9.53 Å². The van der Waals surface area contributed by atoms with Gasteiger partial charge in [0, 0.05) is 25.0 Å². The molecule has 1 aromatic heterocycles. The van der Waals surface area contributed by atoms with Crippen LogP contribution in [-0.2, 0) is 4.74 Å². The molecule has 0 spiro atoms. The molecule has 0 aromatic carbocycles. The molecule has 17 heavy (non-hydrogen) atoms. The van der Waals surface area contributed by atoms with Gasteiger partial charge in [-0.05, 0) is 32.4 Å². The molecule has 1 aromatic rings. The van der Waals surface area contributed by atoms with E-state index in [9.17, 15) is 4.79 Å². The molecule has 1 rings (SSSR count). The number of nitrogens with one attached hydrogen (secondary N) is 1. The Morgan fingerprint density at radius 2 is 2.29 bits per heavy atom. The molecule has 0 bridgehead atoms. The van der Waals surface area contributed by atoms with E-state index in [-0.39, 0.29) is 6.04 Å². The van der Waals surface area contributed by atoms with Crippen molar-refractivity contribution in [3.8, 4) is 0 Å². The lowest BCUT2D eigenvalue weighted by Gasteiger charge is -2.20. The monoisotopic (exact) mass is 237 g/mol. The summed E-state index contributed by atoms with van der Waals surface area (Å²) in [5.74, 6) is 0. The molecule has 1 atom stereocenters. The molecule has 1 unspecified atom stereocenters. The minimum Gasteiger partial charge on any atom is -0.444 e. The molecule has 1 amide bonds. The Balaban J connectivity index is 2.39. The average molecular weight is 237 g/mol. The average Bonchev–Trinajstić information content (AvgIpc) is 2.25. The van der Waals surface area contributed by atoms with Crippen LogP contribution in [0.3, 0.4) is 0 Å². The summed E-state index contributed by atoms with van der Waals surface area (Å²) in [4.78, 5) is 15.4. The summed E-state index contributed by atoms with van der Waals surface area (Å²) < 4.78 is 5.10. The Morgan fingerprint density at radius 3 is 2.82 bits per heavy atom. The Kier molecular flexibility index (Phi) is 4.45. The molecule has 1 heterocycles. The highest BCUT2D eigenvalue weighted by molar-refractivity contribution is 5.67. The van der Waals surface area contributed by atoms with Gasteiger partial charge in [-0.25, -0.2) is 4.79 Å². The van der Waals surface area contributed by atoms with Crippen LogP contribution in [0.1, 0.15) is 32.4 Å². The molecular formula is C12H19N3O2. The first-order valence-corrected chi connectivity index (χ1v) is 5.51. The molecule has 94 valence electrons. The molecule has 5 heteroatoms. The maximum atomic E-state index is 11.4. The normalized spacial score (nSPS) is 12.9. The Morgan fingerprint density at radius 1 is 1.59 bits per heavy atom. The molecule has 0 fully saturated rings. The summed E-state index contributed by atoms with van der Waals surface area (Å²) >= 11 is 0. The van der Waals surface area contributed by atoms with Crippen LogP contribution in [0.5, 0.6) is 0 Å². The van der Waals surface area contributed by atoms with Crippen molar-refractivity contribution in [1.82, 2.24) is 10.3 Å². The van der Waals surface area contributed by atoms with Gasteiger partial charge in [0.2, 0.25) is 0 Å². The third-order valence-corrected chi connectivity index (χ3v) is 1.98. The summed E-state index contributed by atoms with van der Waals surface area (Å²) in [6.45, 7) is 5.76. The van der Waals surface area contributed by atoms with Crippen LogP contribution in [0.25, 0.3) is 0 Å². The molecule has 5 nitrogen and oxygen atoms in total. The van der Waals surface area contributed by atoms with Gasteiger partial charge in [-0.3, -0.25) is 4.98 Å². The Hall–Kier alpha value is -1.62. The fourth-order valence-corrected chi connectivity index (χ4v) is 1.22.